The maximum Gasteiger partial charge on any atom is 0.254 e. The van der Waals surface area contributed by atoms with Crippen LogP contribution in [-0.2, 0) is 6.54 Å². The Balaban J connectivity index is 0.00000341. The molecule has 1 amide bonds. The molecule has 1 fully saturated rings. The van der Waals surface area contributed by atoms with Gasteiger partial charge in [-0.1, -0.05) is 19.1 Å². The number of rotatable bonds is 7. The highest BCUT2D eigenvalue weighted by atomic mass is 79.9. The first-order chi connectivity index (χ1) is 14.5. The van der Waals surface area contributed by atoms with Gasteiger partial charge < -0.3 is 14.4 Å². The number of hydrogen-bond donors (Lipinski definition) is 0. The van der Waals surface area contributed by atoms with Gasteiger partial charge in [-0.15, -0.1) is 12.4 Å². The van der Waals surface area contributed by atoms with Gasteiger partial charge in [0.25, 0.3) is 5.91 Å². The molecule has 0 N–H and O–H groups in total. The summed E-state index contributed by atoms with van der Waals surface area (Å²) < 4.78 is 11.9. The molecule has 31 heavy (non-hydrogen) atoms. The lowest BCUT2D eigenvalue weighted by Gasteiger charge is -2.35. The number of carbonyl (C=O) groups is 1. The Morgan fingerprint density at radius 3 is 2.42 bits per heavy atom. The third-order valence-corrected chi connectivity index (χ3v) is 5.66. The minimum atomic E-state index is -0.00550. The third-order valence-electron chi connectivity index (χ3n) is 5.08. The van der Waals surface area contributed by atoms with E-state index in [0.717, 1.165) is 30.5 Å². The van der Waals surface area contributed by atoms with Crippen LogP contribution in [0.2, 0.25) is 0 Å². The van der Waals surface area contributed by atoms with Gasteiger partial charge >= 0.3 is 0 Å². The molecule has 1 saturated heterocycles. The second-order valence-corrected chi connectivity index (χ2v) is 8.07. The van der Waals surface area contributed by atoms with Gasteiger partial charge in [-0.2, -0.15) is 5.26 Å². The van der Waals surface area contributed by atoms with Crippen LogP contribution in [0.25, 0.3) is 0 Å². The zero-order valence-electron chi connectivity index (χ0n) is 17.8. The Bertz CT molecular complexity index is 923. The second-order valence-electron chi connectivity index (χ2n) is 7.21. The standard InChI is InChI=1S/C23H26BrN3O3.ClH/c1-3-12-30-22-20(24)13-19(14-21(22)29-2)23(28)27-10-8-26(9-11-27)16-18-6-4-17(15-25)5-7-18;/h4-7,13-14H,3,8-12,16H2,1-2H3;1H. The first kappa shape index (κ1) is 25.0. The fourth-order valence-corrected chi connectivity index (χ4v) is 3.98. The largest absolute Gasteiger partial charge is 0.493 e. The van der Waals surface area contributed by atoms with Crippen LogP contribution in [0.4, 0.5) is 0 Å². The summed E-state index contributed by atoms with van der Waals surface area (Å²) in [6.45, 7) is 6.40. The summed E-state index contributed by atoms with van der Waals surface area (Å²) >= 11 is 3.51. The minimum Gasteiger partial charge on any atom is -0.493 e. The van der Waals surface area contributed by atoms with Gasteiger partial charge in [-0.25, -0.2) is 0 Å². The SMILES string of the molecule is CCCOc1c(Br)cc(C(=O)N2CCN(Cc3ccc(C#N)cc3)CC2)cc1OC.Cl. The van der Waals surface area contributed by atoms with Crippen LogP contribution in [-0.4, -0.2) is 55.6 Å². The van der Waals surface area contributed by atoms with Crippen molar-refractivity contribution >= 4 is 34.2 Å². The molecular formula is C23H27BrClN3O3. The Labute approximate surface area is 198 Å². The first-order valence-corrected chi connectivity index (χ1v) is 10.9. The molecule has 3 rings (SSSR count). The zero-order chi connectivity index (χ0) is 21.5. The molecule has 2 aromatic rings. The van der Waals surface area contributed by atoms with E-state index < -0.39 is 0 Å². The van der Waals surface area contributed by atoms with E-state index in [1.807, 2.05) is 36.1 Å². The number of halogens is 2. The third kappa shape index (κ3) is 6.36. The van der Waals surface area contributed by atoms with Crippen LogP contribution in [0.1, 0.15) is 34.8 Å². The lowest BCUT2D eigenvalue weighted by Crippen LogP contribution is -2.48. The average Bonchev–Trinajstić information content (AvgIpc) is 2.78. The van der Waals surface area contributed by atoms with Gasteiger partial charge in [0.15, 0.2) is 11.5 Å². The molecule has 166 valence electrons. The van der Waals surface area contributed by atoms with E-state index in [1.54, 1.807) is 19.2 Å². The van der Waals surface area contributed by atoms with Crippen molar-refractivity contribution in [2.24, 2.45) is 0 Å². The van der Waals surface area contributed by atoms with E-state index in [1.165, 1.54) is 5.56 Å². The van der Waals surface area contributed by atoms with Gasteiger partial charge in [-0.05, 0) is 52.2 Å². The lowest BCUT2D eigenvalue weighted by molar-refractivity contribution is 0.0628. The molecule has 1 aliphatic rings. The molecule has 2 aromatic carbocycles. The van der Waals surface area contributed by atoms with E-state index in [4.69, 9.17) is 14.7 Å². The summed E-state index contributed by atoms with van der Waals surface area (Å²) in [5.74, 6) is 1.18. The van der Waals surface area contributed by atoms with E-state index in [0.29, 0.717) is 42.3 Å². The van der Waals surface area contributed by atoms with Gasteiger partial charge in [0, 0.05) is 38.3 Å². The van der Waals surface area contributed by atoms with Gasteiger partial charge in [0.1, 0.15) is 0 Å². The number of hydrogen-bond acceptors (Lipinski definition) is 5. The summed E-state index contributed by atoms with van der Waals surface area (Å²) in [5, 5.41) is 8.91. The van der Waals surface area contributed by atoms with Crippen LogP contribution in [0, 0.1) is 11.3 Å². The predicted molar refractivity (Wildman–Crippen MR) is 126 cm³/mol. The van der Waals surface area contributed by atoms with Crippen LogP contribution >= 0.6 is 28.3 Å². The summed E-state index contributed by atoms with van der Waals surface area (Å²) in [4.78, 5) is 17.2. The van der Waals surface area contributed by atoms with Crippen molar-refractivity contribution < 1.29 is 14.3 Å². The highest BCUT2D eigenvalue weighted by Gasteiger charge is 2.24. The fourth-order valence-electron chi connectivity index (χ4n) is 3.42. The Morgan fingerprint density at radius 1 is 1.16 bits per heavy atom. The second kappa shape index (κ2) is 11.9. The molecule has 8 heteroatoms. The molecule has 0 bridgehead atoms. The summed E-state index contributed by atoms with van der Waals surface area (Å²) in [5.41, 5.74) is 2.43. The monoisotopic (exact) mass is 507 g/mol. The van der Waals surface area contributed by atoms with Crippen molar-refractivity contribution in [3.05, 3.63) is 57.6 Å². The van der Waals surface area contributed by atoms with Crippen molar-refractivity contribution in [2.45, 2.75) is 19.9 Å². The van der Waals surface area contributed by atoms with Gasteiger partial charge in [0.2, 0.25) is 0 Å². The normalized spacial score (nSPS) is 13.8. The summed E-state index contributed by atoms with van der Waals surface area (Å²) in [6, 6.07) is 13.4. The molecule has 0 radical (unpaired) electrons. The molecule has 1 aliphatic heterocycles. The van der Waals surface area contributed by atoms with Crippen LogP contribution in [0.3, 0.4) is 0 Å². The maximum absolute atomic E-state index is 13.0. The number of piperazine rings is 1. The molecule has 0 aromatic heterocycles. The molecule has 0 atom stereocenters. The predicted octanol–water partition coefficient (Wildman–Crippen LogP) is 4.50. The highest BCUT2D eigenvalue weighted by Crippen LogP contribution is 2.37. The van der Waals surface area contributed by atoms with Crippen molar-refractivity contribution in [3.8, 4) is 17.6 Å². The minimum absolute atomic E-state index is 0. The van der Waals surface area contributed by atoms with Crippen LogP contribution in [0.15, 0.2) is 40.9 Å². The number of nitrogens with zero attached hydrogens (tertiary/aromatic N) is 3. The van der Waals surface area contributed by atoms with Gasteiger partial charge in [-0.3, -0.25) is 9.69 Å². The number of carbonyl (C=O) groups excluding carboxylic acids is 1. The van der Waals surface area contributed by atoms with E-state index in [-0.39, 0.29) is 18.3 Å². The number of methoxy groups -OCH3 is 1. The van der Waals surface area contributed by atoms with E-state index in [9.17, 15) is 4.79 Å². The Kier molecular flexibility index (Phi) is 9.63. The Hall–Kier alpha value is -2.27. The quantitative estimate of drug-likeness (QED) is 0.551. The first-order valence-electron chi connectivity index (χ1n) is 10.1. The zero-order valence-corrected chi connectivity index (χ0v) is 20.2. The average molecular weight is 509 g/mol. The molecule has 1 heterocycles. The highest BCUT2D eigenvalue weighted by molar-refractivity contribution is 9.10. The Morgan fingerprint density at radius 2 is 1.84 bits per heavy atom. The van der Waals surface area contributed by atoms with Crippen LogP contribution in [0.5, 0.6) is 11.5 Å². The molecule has 6 nitrogen and oxygen atoms in total. The van der Waals surface area contributed by atoms with Gasteiger partial charge in [0.05, 0.1) is 29.8 Å². The van der Waals surface area contributed by atoms with E-state index in [2.05, 4.69) is 26.9 Å². The molecule has 0 saturated carbocycles. The lowest BCUT2D eigenvalue weighted by atomic mass is 10.1. The summed E-state index contributed by atoms with van der Waals surface area (Å²) in [6.07, 6.45) is 0.892. The fraction of sp³-hybridized carbons (Fsp3) is 0.391. The van der Waals surface area contributed by atoms with Crippen molar-refractivity contribution in [1.82, 2.24) is 9.80 Å². The number of ether oxygens (including phenoxy) is 2. The maximum atomic E-state index is 13.0. The topological polar surface area (TPSA) is 65.8 Å². The smallest absolute Gasteiger partial charge is 0.254 e. The van der Waals surface area contributed by atoms with E-state index >= 15 is 0 Å². The number of amides is 1. The van der Waals surface area contributed by atoms with Crippen molar-refractivity contribution in [1.29, 1.82) is 5.26 Å². The molecule has 0 unspecified atom stereocenters. The van der Waals surface area contributed by atoms with Crippen molar-refractivity contribution in [2.75, 3.05) is 39.9 Å². The molecule has 0 spiro atoms. The molecule has 0 aliphatic carbocycles. The van der Waals surface area contributed by atoms with Crippen LogP contribution < -0.4 is 9.47 Å². The number of benzene rings is 2. The number of nitriles is 1. The summed E-state index contributed by atoms with van der Waals surface area (Å²) in [7, 11) is 1.58. The molecular weight excluding hydrogens is 482 g/mol. The van der Waals surface area contributed by atoms with Crippen molar-refractivity contribution in [3.63, 3.8) is 0 Å².